The van der Waals surface area contributed by atoms with Crippen molar-refractivity contribution in [3.8, 4) is 0 Å². The van der Waals surface area contributed by atoms with Crippen LogP contribution in [-0.4, -0.2) is 47.4 Å². The number of amides is 1. The molecule has 2 heterocycles. The van der Waals surface area contributed by atoms with Crippen molar-refractivity contribution in [2.45, 2.75) is 13.6 Å². The van der Waals surface area contributed by atoms with Crippen molar-refractivity contribution in [2.24, 2.45) is 0 Å². The Labute approximate surface area is 140 Å². The van der Waals surface area contributed by atoms with Gasteiger partial charge >= 0.3 is 0 Å². The molecule has 0 N–H and O–H groups in total. The molecule has 0 spiro atoms. The SMILES string of the molecule is CSc1nnc(SCCN2C(=O)c3ccccc3S2(=O)=O)s1. The van der Waals surface area contributed by atoms with Crippen molar-refractivity contribution in [2.75, 3.05) is 18.6 Å². The van der Waals surface area contributed by atoms with E-state index >= 15 is 0 Å². The minimum absolute atomic E-state index is 0.0885. The summed E-state index contributed by atoms with van der Waals surface area (Å²) in [5, 5.41) is 7.98. The molecule has 22 heavy (non-hydrogen) atoms. The Morgan fingerprint density at radius 3 is 2.64 bits per heavy atom. The Hall–Kier alpha value is -1.10. The zero-order valence-corrected chi connectivity index (χ0v) is 14.7. The molecule has 116 valence electrons. The van der Waals surface area contributed by atoms with Crippen LogP contribution in [0.25, 0.3) is 0 Å². The van der Waals surface area contributed by atoms with E-state index in [4.69, 9.17) is 0 Å². The van der Waals surface area contributed by atoms with Crippen molar-refractivity contribution in [3.63, 3.8) is 0 Å². The fraction of sp³-hybridized carbons (Fsp3) is 0.250. The molecular weight excluding hydrogens is 362 g/mol. The standard InChI is InChI=1S/C12H11N3O3S4/c1-19-11-13-14-12(21-11)20-7-6-15-10(16)8-4-2-3-5-9(8)22(15,17)18/h2-5H,6-7H2,1H3. The number of carbonyl (C=O) groups is 1. The van der Waals surface area contributed by atoms with Gasteiger partial charge in [-0.1, -0.05) is 47.0 Å². The van der Waals surface area contributed by atoms with E-state index in [-0.39, 0.29) is 17.0 Å². The predicted molar refractivity (Wildman–Crippen MR) is 87.1 cm³/mol. The lowest BCUT2D eigenvalue weighted by molar-refractivity contribution is 0.0876. The van der Waals surface area contributed by atoms with Gasteiger partial charge in [-0.2, -0.15) is 0 Å². The Kier molecular flexibility index (Phi) is 4.44. The van der Waals surface area contributed by atoms with E-state index in [1.165, 1.54) is 47.0 Å². The maximum absolute atomic E-state index is 12.4. The summed E-state index contributed by atoms with van der Waals surface area (Å²) in [6.07, 6.45) is 1.92. The number of thioether (sulfide) groups is 2. The van der Waals surface area contributed by atoms with E-state index in [0.717, 1.165) is 13.0 Å². The summed E-state index contributed by atoms with van der Waals surface area (Å²) in [5.74, 6) is -0.0135. The summed E-state index contributed by atoms with van der Waals surface area (Å²) in [4.78, 5) is 12.3. The molecule has 0 unspecified atom stereocenters. The molecule has 1 aliphatic heterocycles. The molecule has 1 aromatic heterocycles. The Morgan fingerprint density at radius 1 is 1.23 bits per heavy atom. The molecule has 3 rings (SSSR count). The fourth-order valence-corrected chi connectivity index (χ4v) is 6.12. The van der Waals surface area contributed by atoms with Gasteiger partial charge in [-0.25, -0.2) is 12.7 Å². The minimum atomic E-state index is -3.72. The van der Waals surface area contributed by atoms with Crippen molar-refractivity contribution >= 4 is 50.8 Å². The first-order chi connectivity index (χ1) is 10.5. The first-order valence-electron chi connectivity index (χ1n) is 6.20. The minimum Gasteiger partial charge on any atom is -0.268 e. The van der Waals surface area contributed by atoms with Crippen LogP contribution in [0, 0.1) is 0 Å². The topological polar surface area (TPSA) is 80.2 Å². The molecule has 0 aliphatic carbocycles. The highest BCUT2D eigenvalue weighted by molar-refractivity contribution is 8.03. The number of fused-ring (bicyclic) bond motifs is 1. The molecule has 6 nitrogen and oxygen atoms in total. The van der Waals surface area contributed by atoms with Crippen molar-refractivity contribution in [1.29, 1.82) is 0 Å². The first-order valence-corrected chi connectivity index (χ1v) is 10.7. The summed E-state index contributed by atoms with van der Waals surface area (Å²) >= 11 is 4.36. The number of hydrogen-bond acceptors (Lipinski definition) is 8. The second-order valence-electron chi connectivity index (χ2n) is 4.26. The van der Waals surface area contributed by atoms with Gasteiger partial charge in [0.05, 0.1) is 5.56 Å². The van der Waals surface area contributed by atoms with Gasteiger partial charge in [0.15, 0.2) is 8.68 Å². The van der Waals surface area contributed by atoms with E-state index < -0.39 is 15.9 Å². The number of rotatable bonds is 5. The smallest absolute Gasteiger partial charge is 0.268 e. The number of aromatic nitrogens is 2. The highest BCUT2D eigenvalue weighted by atomic mass is 32.2. The Morgan fingerprint density at radius 2 is 1.95 bits per heavy atom. The molecular formula is C12H11N3O3S4. The molecule has 0 fully saturated rings. The maximum Gasteiger partial charge on any atom is 0.269 e. The molecule has 0 bridgehead atoms. The van der Waals surface area contributed by atoms with Crippen molar-refractivity contribution in [3.05, 3.63) is 29.8 Å². The first kappa shape index (κ1) is 15.8. The van der Waals surface area contributed by atoms with Crippen LogP contribution in [0.15, 0.2) is 37.8 Å². The highest BCUT2D eigenvalue weighted by Crippen LogP contribution is 2.31. The normalized spacial score (nSPS) is 16.0. The Balaban J connectivity index is 1.70. The van der Waals surface area contributed by atoms with Crippen molar-refractivity contribution in [1.82, 2.24) is 14.5 Å². The maximum atomic E-state index is 12.4. The quantitative estimate of drug-likeness (QED) is 0.743. The van der Waals surface area contributed by atoms with Gasteiger partial charge < -0.3 is 0 Å². The van der Waals surface area contributed by atoms with Crippen LogP contribution in [-0.2, 0) is 10.0 Å². The number of nitrogens with zero attached hydrogens (tertiary/aromatic N) is 3. The molecule has 2 aromatic rings. The van der Waals surface area contributed by atoms with Gasteiger partial charge in [-0.3, -0.25) is 4.79 Å². The lowest BCUT2D eigenvalue weighted by atomic mass is 10.2. The van der Waals surface area contributed by atoms with Crippen LogP contribution in [0.3, 0.4) is 0 Å². The lowest BCUT2D eigenvalue weighted by Crippen LogP contribution is -2.32. The summed E-state index contributed by atoms with van der Waals surface area (Å²) in [6.45, 7) is 0.120. The van der Waals surface area contributed by atoms with Gasteiger partial charge in [-0.05, 0) is 18.4 Å². The molecule has 0 atom stereocenters. The third-order valence-electron chi connectivity index (χ3n) is 2.99. The molecule has 0 saturated heterocycles. The summed E-state index contributed by atoms with van der Waals surface area (Å²) in [6, 6.07) is 6.28. The number of carbonyl (C=O) groups excluding carboxylic acids is 1. The van der Waals surface area contributed by atoms with Crippen molar-refractivity contribution < 1.29 is 13.2 Å². The molecule has 0 radical (unpaired) electrons. The number of hydrogen-bond donors (Lipinski definition) is 0. The van der Waals surface area contributed by atoms with Gasteiger partial charge in [0.2, 0.25) is 0 Å². The van der Waals surface area contributed by atoms with Gasteiger partial charge in [-0.15, -0.1) is 10.2 Å². The van der Waals surface area contributed by atoms with E-state index in [2.05, 4.69) is 10.2 Å². The zero-order valence-electron chi connectivity index (χ0n) is 11.4. The van der Waals surface area contributed by atoms with Crippen LogP contribution in [0.2, 0.25) is 0 Å². The van der Waals surface area contributed by atoms with E-state index in [9.17, 15) is 13.2 Å². The predicted octanol–water partition coefficient (Wildman–Crippen LogP) is 2.20. The molecule has 1 aromatic carbocycles. The fourth-order valence-electron chi connectivity index (χ4n) is 2.01. The van der Waals surface area contributed by atoms with Crippen LogP contribution < -0.4 is 0 Å². The van der Waals surface area contributed by atoms with E-state index in [1.54, 1.807) is 12.1 Å². The van der Waals surface area contributed by atoms with E-state index in [0.29, 0.717) is 5.75 Å². The molecule has 1 amide bonds. The van der Waals surface area contributed by atoms with Gasteiger partial charge in [0, 0.05) is 12.3 Å². The third-order valence-corrected chi connectivity index (χ3v) is 7.85. The Bertz CT molecular complexity index is 819. The highest BCUT2D eigenvalue weighted by Gasteiger charge is 2.40. The molecule has 1 aliphatic rings. The van der Waals surface area contributed by atoms with Crippen LogP contribution in [0.1, 0.15) is 10.4 Å². The largest absolute Gasteiger partial charge is 0.269 e. The number of sulfonamides is 1. The summed E-state index contributed by atoms with van der Waals surface area (Å²) in [5.41, 5.74) is 0.244. The van der Waals surface area contributed by atoms with Crippen LogP contribution in [0.4, 0.5) is 0 Å². The second kappa shape index (κ2) is 6.19. The third kappa shape index (κ3) is 2.75. The summed E-state index contributed by atoms with van der Waals surface area (Å²) in [7, 11) is -3.72. The zero-order chi connectivity index (χ0) is 15.7. The lowest BCUT2D eigenvalue weighted by Gasteiger charge is -2.13. The van der Waals surface area contributed by atoms with Gasteiger partial charge in [0.25, 0.3) is 15.9 Å². The van der Waals surface area contributed by atoms with E-state index in [1.807, 2.05) is 6.26 Å². The van der Waals surface area contributed by atoms with Crippen LogP contribution >= 0.6 is 34.9 Å². The molecule has 0 saturated carbocycles. The van der Waals surface area contributed by atoms with Crippen LogP contribution in [0.5, 0.6) is 0 Å². The number of benzene rings is 1. The summed E-state index contributed by atoms with van der Waals surface area (Å²) < 4.78 is 27.3. The average Bonchev–Trinajstić information content (AvgIpc) is 3.05. The monoisotopic (exact) mass is 373 g/mol. The average molecular weight is 374 g/mol. The second-order valence-corrected chi connectivity index (χ2v) is 9.47. The van der Waals surface area contributed by atoms with Gasteiger partial charge in [0.1, 0.15) is 4.90 Å². The molecule has 10 heteroatoms.